The summed E-state index contributed by atoms with van der Waals surface area (Å²) >= 11 is 0. The van der Waals surface area contributed by atoms with E-state index in [4.69, 9.17) is 10.8 Å². The molecular weight excluding hydrogens is 250 g/mol. The number of rotatable bonds is 10. The van der Waals surface area contributed by atoms with Gasteiger partial charge in [-0.3, -0.25) is 15.0 Å². The highest BCUT2D eigenvalue weighted by molar-refractivity contribution is 6.25. The summed E-state index contributed by atoms with van der Waals surface area (Å²) in [7, 11) is 0. The second-order valence-corrected chi connectivity index (χ2v) is 3.87. The van der Waals surface area contributed by atoms with Gasteiger partial charge in [-0.2, -0.15) is 0 Å². The summed E-state index contributed by atoms with van der Waals surface area (Å²) in [6.45, 7) is 2.01. The van der Waals surface area contributed by atoms with Crippen LogP contribution in [0.5, 0.6) is 0 Å². The van der Waals surface area contributed by atoms with E-state index in [2.05, 4.69) is 16.0 Å². The van der Waals surface area contributed by atoms with Crippen molar-refractivity contribution < 1.29 is 14.4 Å². The van der Waals surface area contributed by atoms with E-state index in [0.717, 1.165) is 6.34 Å². The highest BCUT2D eigenvalue weighted by Gasteiger charge is 2.18. The quantitative estimate of drug-likeness (QED) is 0.147. The minimum Gasteiger partial charge on any atom is -0.377 e. The molecule has 0 saturated heterocycles. The fourth-order valence-electron chi connectivity index (χ4n) is 1.30. The number of carbonyl (C=O) groups is 3. The third-order valence-electron chi connectivity index (χ3n) is 2.31. The molecule has 0 aromatic rings. The summed E-state index contributed by atoms with van der Waals surface area (Å²) in [4.78, 5) is 33.3. The van der Waals surface area contributed by atoms with Gasteiger partial charge in [-0.25, -0.2) is 0 Å². The van der Waals surface area contributed by atoms with Crippen LogP contribution in [0, 0.1) is 10.8 Å². The van der Waals surface area contributed by atoms with Gasteiger partial charge < -0.3 is 26.2 Å². The van der Waals surface area contributed by atoms with Crippen molar-refractivity contribution in [3.05, 3.63) is 0 Å². The molecule has 106 valence electrons. The lowest BCUT2D eigenvalue weighted by Gasteiger charge is -2.17. The van der Waals surface area contributed by atoms with E-state index in [9.17, 15) is 14.4 Å². The number of hydrogen-bond donors (Lipinski definition) is 5. The van der Waals surface area contributed by atoms with Crippen molar-refractivity contribution in [2.24, 2.45) is 0 Å². The van der Waals surface area contributed by atoms with Crippen LogP contribution in [0.3, 0.4) is 0 Å². The molecular formula is C11H19N5O3. The monoisotopic (exact) mass is 269 g/mol. The Bertz CT molecular complexity index is 345. The Morgan fingerprint density at radius 3 is 2.47 bits per heavy atom. The molecule has 2 atom stereocenters. The van der Waals surface area contributed by atoms with Gasteiger partial charge in [0.15, 0.2) is 0 Å². The first-order valence-electron chi connectivity index (χ1n) is 5.84. The van der Waals surface area contributed by atoms with Gasteiger partial charge in [-0.1, -0.05) is 0 Å². The minimum atomic E-state index is -0.809. The Balaban J connectivity index is 4.10. The molecule has 0 spiro atoms. The maximum absolute atomic E-state index is 11.6. The first-order valence-corrected chi connectivity index (χ1v) is 5.84. The summed E-state index contributed by atoms with van der Waals surface area (Å²) in [5, 5.41) is 20.9. The van der Waals surface area contributed by atoms with Crippen LogP contribution in [0.4, 0.5) is 0 Å². The zero-order valence-corrected chi connectivity index (χ0v) is 10.7. The van der Waals surface area contributed by atoms with Gasteiger partial charge in [0.25, 0.3) is 5.91 Å². The molecule has 0 aromatic heterocycles. The first-order chi connectivity index (χ1) is 9.04. The molecule has 19 heavy (non-hydrogen) atoms. The Kier molecular flexibility index (Phi) is 8.59. The molecule has 0 unspecified atom stereocenters. The third kappa shape index (κ3) is 7.63. The zero-order chi connectivity index (χ0) is 14.7. The van der Waals surface area contributed by atoms with Crippen molar-refractivity contribution in [3.63, 3.8) is 0 Å². The first kappa shape index (κ1) is 16.8. The van der Waals surface area contributed by atoms with Crippen molar-refractivity contribution in [3.8, 4) is 0 Å². The van der Waals surface area contributed by atoms with Gasteiger partial charge in [0, 0.05) is 6.54 Å². The highest BCUT2D eigenvalue weighted by Crippen LogP contribution is 1.95. The fraction of sp³-hybridized carbons (Fsp3) is 0.545. The molecule has 0 bridgehead atoms. The standard InChI is InChI=1S/C11H19N5O3/c1-8(15-10(18)5-12)11(19)16-9(6-17)3-2-4-14-7-13/h5-9,12H,2-4H2,1H3,(H2,13,14)(H,15,18)(H,16,19)/t8-,9-/m0/s1. The topological polar surface area (TPSA) is 135 Å². The van der Waals surface area contributed by atoms with Crippen LogP contribution in [-0.2, 0) is 14.4 Å². The summed E-state index contributed by atoms with van der Waals surface area (Å²) in [5.74, 6) is -1.15. The maximum atomic E-state index is 11.6. The lowest BCUT2D eigenvalue weighted by atomic mass is 10.1. The Morgan fingerprint density at radius 2 is 1.95 bits per heavy atom. The predicted molar refractivity (Wildman–Crippen MR) is 70.4 cm³/mol. The van der Waals surface area contributed by atoms with E-state index in [1.54, 1.807) is 0 Å². The molecule has 0 heterocycles. The number of carbonyl (C=O) groups excluding carboxylic acids is 3. The predicted octanol–water partition coefficient (Wildman–Crippen LogP) is -1.20. The van der Waals surface area contributed by atoms with Crippen LogP contribution >= 0.6 is 0 Å². The highest BCUT2D eigenvalue weighted by atomic mass is 16.2. The summed E-state index contributed by atoms with van der Waals surface area (Å²) in [5.41, 5.74) is 0. The molecule has 0 radical (unpaired) electrons. The van der Waals surface area contributed by atoms with E-state index in [-0.39, 0.29) is 0 Å². The summed E-state index contributed by atoms with van der Waals surface area (Å²) < 4.78 is 0. The molecule has 5 N–H and O–H groups in total. The van der Waals surface area contributed by atoms with E-state index in [0.29, 0.717) is 31.9 Å². The van der Waals surface area contributed by atoms with Crippen LogP contribution in [0.15, 0.2) is 0 Å². The molecule has 0 rings (SSSR count). The van der Waals surface area contributed by atoms with Gasteiger partial charge in [-0.05, 0) is 19.8 Å². The minimum absolute atomic E-state index is 0.446. The molecule has 0 aliphatic carbocycles. The number of hydrogen-bond acceptors (Lipinski definition) is 5. The normalized spacial score (nSPS) is 12.7. The van der Waals surface area contributed by atoms with Crippen LogP contribution in [0.1, 0.15) is 19.8 Å². The largest absolute Gasteiger partial charge is 0.377 e. The van der Waals surface area contributed by atoms with Gasteiger partial charge in [0.05, 0.1) is 18.6 Å². The van der Waals surface area contributed by atoms with Gasteiger partial charge in [0.2, 0.25) is 5.91 Å². The van der Waals surface area contributed by atoms with Crippen molar-refractivity contribution >= 4 is 30.7 Å². The lowest BCUT2D eigenvalue weighted by Crippen LogP contribution is -2.48. The van der Waals surface area contributed by atoms with Crippen LogP contribution in [-0.4, -0.2) is 49.3 Å². The molecule has 8 nitrogen and oxygen atoms in total. The average molecular weight is 269 g/mol. The van der Waals surface area contributed by atoms with Gasteiger partial charge >= 0.3 is 0 Å². The smallest absolute Gasteiger partial charge is 0.262 e. The third-order valence-corrected chi connectivity index (χ3v) is 2.31. The molecule has 0 aliphatic heterocycles. The number of aldehydes is 1. The maximum Gasteiger partial charge on any atom is 0.262 e. The molecule has 0 fully saturated rings. The summed E-state index contributed by atoms with van der Waals surface area (Å²) in [6.07, 6.45) is 3.34. The second kappa shape index (κ2) is 9.75. The summed E-state index contributed by atoms with van der Waals surface area (Å²) in [6, 6.07) is -1.43. The Labute approximate surface area is 111 Å². The van der Waals surface area contributed by atoms with Crippen molar-refractivity contribution in [1.29, 1.82) is 10.8 Å². The zero-order valence-electron chi connectivity index (χ0n) is 10.7. The fourth-order valence-corrected chi connectivity index (χ4v) is 1.30. The number of nitrogens with one attached hydrogen (secondary N) is 5. The molecule has 2 amide bonds. The van der Waals surface area contributed by atoms with Gasteiger partial charge in [0.1, 0.15) is 12.3 Å². The Hall–Kier alpha value is -2.25. The van der Waals surface area contributed by atoms with Gasteiger partial charge in [-0.15, -0.1) is 0 Å². The SMILES string of the molecule is C[C@H](NC(=O)C=N)C(=O)N[C@H](C=O)CCCNC=N. The van der Waals surface area contributed by atoms with E-state index >= 15 is 0 Å². The van der Waals surface area contributed by atoms with Crippen LogP contribution in [0.25, 0.3) is 0 Å². The van der Waals surface area contributed by atoms with E-state index in [1.165, 1.54) is 6.92 Å². The lowest BCUT2D eigenvalue weighted by molar-refractivity contribution is -0.127. The average Bonchev–Trinajstić information content (AvgIpc) is 2.41. The molecule has 0 aromatic carbocycles. The van der Waals surface area contributed by atoms with E-state index in [1.807, 2.05) is 0 Å². The van der Waals surface area contributed by atoms with E-state index < -0.39 is 23.9 Å². The van der Waals surface area contributed by atoms with Crippen LogP contribution < -0.4 is 16.0 Å². The Morgan fingerprint density at radius 1 is 1.26 bits per heavy atom. The molecule has 8 heteroatoms. The second-order valence-electron chi connectivity index (χ2n) is 3.87. The van der Waals surface area contributed by atoms with Crippen molar-refractivity contribution in [2.75, 3.05) is 6.54 Å². The van der Waals surface area contributed by atoms with Crippen LogP contribution in [0.2, 0.25) is 0 Å². The number of amides is 2. The van der Waals surface area contributed by atoms with Crippen molar-refractivity contribution in [1.82, 2.24) is 16.0 Å². The molecule has 0 aliphatic rings. The van der Waals surface area contributed by atoms with Crippen molar-refractivity contribution in [2.45, 2.75) is 31.8 Å². The molecule has 0 saturated carbocycles.